The number of nitrogens with zero attached hydrogens (tertiary/aromatic N) is 3. The molecule has 0 radical (unpaired) electrons. The van der Waals surface area contributed by atoms with Crippen molar-refractivity contribution >= 4 is 29.2 Å². The summed E-state index contributed by atoms with van der Waals surface area (Å²) in [6.07, 6.45) is 1.47. The highest BCUT2D eigenvalue weighted by Gasteiger charge is 2.17. The van der Waals surface area contributed by atoms with Gasteiger partial charge in [0, 0.05) is 42.2 Å². The van der Waals surface area contributed by atoms with Crippen molar-refractivity contribution in [3.63, 3.8) is 0 Å². The SMILES string of the molecule is Cc1ccccc1NCC(=O)NN=Cc1cc([N+](=O)[O-])ccc1N(CC(C)C)CC(C)C. The maximum absolute atomic E-state index is 12.2. The summed E-state index contributed by atoms with van der Waals surface area (Å²) >= 11 is 0. The molecular formula is C24H33N5O3. The van der Waals surface area contributed by atoms with Crippen LogP contribution in [0.1, 0.15) is 38.8 Å². The summed E-state index contributed by atoms with van der Waals surface area (Å²) < 4.78 is 0. The van der Waals surface area contributed by atoms with E-state index in [2.05, 4.69) is 48.4 Å². The average Bonchev–Trinajstić information content (AvgIpc) is 2.72. The molecule has 2 N–H and O–H groups in total. The molecule has 0 saturated heterocycles. The Morgan fingerprint density at radius 1 is 1.12 bits per heavy atom. The smallest absolute Gasteiger partial charge is 0.270 e. The molecule has 0 fully saturated rings. The Labute approximate surface area is 189 Å². The molecule has 172 valence electrons. The summed E-state index contributed by atoms with van der Waals surface area (Å²) in [6, 6.07) is 12.4. The molecule has 1 amide bonds. The molecule has 0 aliphatic rings. The van der Waals surface area contributed by atoms with Crippen molar-refractivity contribution < 1.29 is 9.72 Å². The first kappa shape index (κ1) is 24.8. The molecule has 0 atom stereocenters. The molecule has 8 heteroatoms. The van der Waals surface area contributed by atoms with E-state index >= 15 is 0 Å². The minimum absolute atomic E-state index is 0.0169. The van der Waals surface area contributed by atoms with Crippen LogP contribution in [-0.2, 0) is 4.79 Å². The highest BCUT2D eigenvalue weighted by molar-refractivity contribution is 5.90. The molecule has 32 heavy (non-hydrogen) atoms. The molecule has 0 saturated carbocycles. The van der Waals surface area contributed by atoms with Crippen molar-refractivity contribution in [3.8, 4) is 0 Å². The van der Waals surface area contributed by atoms with Gasteiger partial charge in [-0.05, 0) is 36.5 Å². The van der Waals surface area contributed by atoms with Crippen molar-refractivity contribution in [2.45, 2.75) is 34.6 Å². The second-order valence-corrected chi connectivity index (χ2v) is 8.65. The predicted octanol–water partition coefficient (Wildman–Crippen LogP) is 4.58. The number of hydrogen-bond donors (Lipinski definition) is 2. The Morgan fingerprint density at radius 3 is 2.38 bits per heavy atom. The van der Waals surface area contributed by atoms with Crippen molar-refractivity contribution in [2.75, 3.05) is 29.9 Å². The second-order valence-electron chi connectivity index (χ2n) is 8.65. The van der Waals surface area contributed by atoms with Crippen LogP contribution in [0.25, 0.3) is 0 Å². The number of hydrazone groups is 1. The van der Waals surface area contributed by atoms with Crippen LogP contribution in [0.4, 0.5) is 17.1 Å². The van der Waals surface area contributed by atoms with Gasteiger partial charge in [0.05, 0.1) is 17.7 Å². The molecule has 0 unspecified atom stereocenters. The van der Waals surface area contributed by atoms with E-state index in [0.717, 1.165) is 30.0 Å². The molecule has 8 nitrogen and oxygen atoms in total. The third kappa shape index (κ3) is 7.68. The lowest BCUT2D eigenvalue weighted by Crippen LogP contribution is -2.32. The van der Waals surface area contributed by atoms with Gasteiger partial charge in [-0.2, -0.15) is 5.10 Å². The maximum Gasteiger partial charge on any atom is 0.270 e. The second kappa shape index (κ2) is 11.8. The number of nitrogens with one attached hydrogen (secondary N) is 2. The Hall–Kier alpha value is -3.42. The first-order valence-corrected chi connectivity index (χ1v) is 10.8. The minimum Gasteiger partial charge on any atom is -0.376 e. The van der Waals surface area contributed by atoms with Crippen molar-refractivity contribution in [1.29, 1.82) is 0 Å². The fraction of sp³-hybridized carbons (Fsp3) is 0.417. The van der Waals surface area contributed by atoms with Crippen molar-refractivity contribution in [1.82, 2.24) is 5.43 Å². The number of hydrogen-bond acceptors (Lipinski definition) is 6. The van der Waals surface area contributed by atoms with Crippen LogP contribution in [0.2, 0.25) is 0 Å². The number of aryl methyl sites for hydroxylation is 1. The van der Waals surface area contributed by atoms with Crippen LogP contribution in [0.3, 0.4) is 0 Å². The van der Waals surface area contributed by atoms with Crippen LogP contribution >= 0.6 is 0 Å². The third-order valence-electron chi connectivity index (χ3n) is 4.71. The van der Waals surface area contributed by atoms with Gasteiger partial charge in [0.2, 0.25) is 0 Å². The monoisotopic (exact) mass is 439 g/mol. The Balaban J connectivity index is 2.17. The first-order valence-electron chi connectivity index (χ1n) is 10.8. The lowest BCUT2D eigenvalue weighted by Gasteiger charge is -2.29. The normalized spacial score (nSPS) is 11.2. The van der Waals surface area contributed by atoms with Crippen molar-refractivity contribution in [3.05, 3.63) is 63.7 Å². The maximum atomic E-state index is 12.2. The highest BCUT2D eigenvalue weighted by Crippen LogP contribution is 2.26. The van der Waals surface area contributed by atoms with Crippen LogP contribution in [0, 0.1) is 28.9 Å². The number of carbonyl (C=O) groups is 1. The molecule has 0 bridgehead atoms. The lowest BCUT2D eigenvalue weighted by atomic mass is 10.1. The molecule has 0 heterocycles. The Kier molecular flexibility index (Phi) is 9.19. The summed E-state index contributed by atoms with van der Waals surface area (Å²) in [7, 11) is 0. The van der Waals surface area contributed by atoms with Gasteiger partial charge in [0.15, 0.2) is 0 Å². The quantitative estimate of drug-likeness (QED) is 0.303. The number of anilines is 2. The highest BCUT2D eigenvalue weighted by atomic mass is 16.6. The van der Waals surface area contributed by atoms with Gasteiger partial charge in [-0.15, -0.1) is 0 Å². The summed E-state index contributed by atoms with van der Waals surface area (Å²) in [5.74, 6) is 0.527. The number of amides is 1. The lowest BCUT2D eigenvalue weighted by molar-refractivity contribution is -0.384. The molecular weight excluding hydrogens is 406 g/mol. The molecule has 2 aromatic carbocycles. The van der Waals surface area contributed by atoms with Gasteiger partial charge in [-0.1, -0.05) is 45.9 Å². The van der Waals surface area contributed by atoms with Gasteiger partial charge in [0.25, 0.3) is 11.6 Å². The summed E-state index contributed by atoms with van der Waals surface area (Å²) in [6.45, 7) is 12.2. The average molecular weight is 440 g/mol. The number of nitro benzene ring substituents is 1. The van der Waals surface area contributed by atoms with E-state index < -0.39 is 4.92 Å². The van der Waals surface area contributed by atoms with Crippen LogP contribution < -0.4 is 15.6 Å². The van der Waals surface area contributed by atoms with E-state index in [4.69, 9.17) is 0 Å². The van der Waals surface area contributed by atoms with Gasteiger partial charge < -0.3 is 10.2 Å². The molecule has 0 spiro atoms. The Bertz CT molecular complexity index is 946. The molecule has 2 rings (SSSR count). The zero-order valence-electron chi connectivity index (χ0n) is 19.5. The summed E-state index contributed by atoms with van der Waals surface area (Å²) in [4.78, 5) is 25.3. The van der Waals surface area contributed by atoms with Crippen LogP contribution in [-0.4, -0.2) is 36.7 Å². The fourth-order valence-corrected chi connectivity index (χ4v) is 3.36. The fourth-order valence-electron chi connectivity index (χ4n) is 3.36. The standard InChI is InChI=1S/C24H33N5O3/c1-17(2)15-28(16-18(3)4)23-11-10-21(29(31)32)12-20(23)13-26-27-24(30)14-25-22-9-7-6-8-19(22)5/h6-13,17-18,25H,14-16H2,1-5H3,(H,27,30). The first-order chi connectivity index (χ1) is 15.2. The predicted molar refractivity (Wildman–Crippen MR) is 130 cm³/mol. The van der Waals surface area contributed by atoms with E-state index in [0.29, 0.717) is 17.4 Å². The zero-order valence-corrected chi connectivity index (χ0v) is 19.5. The number of para-hydroxylation sites is 1. The number of non-ortho nitro benzene ring substituents is 1. The van der Waals surface area contributed by atoms with Gasteiger partial charge >= 0.3 is 0 Å². The summed E-state index contributed by atoms with van der Waals surface area (Å²) in [5.41, 5.74) is 5.85. The largest absolute Gasteiger partial charge is 0.376 e. The van der Waals surface area contributed by atoms with Crippen molar-refractivity contribution in [2.24, 2.45) is 16.9 Å². The minimum atomic E-state index is -0.430. The number of nitro groups is 1. The molecule has 0 aromatic heterocycles. The van der Waals surface area contributed by atoms with Crippen LogP contribution in [0.15, 0.2) is 47.6 Å². The van der Waals surface area contributed by atoms with Gasteiger partial charge in [0.1, 0.15) is 0 Å². The third-order valence-corrected chi connectivity index (χ3v) is 4.71. The molecule has 0 aliphatic heterocycles. The molecule has 2 aromatic rings. The van der Waals surface area contributed by atoms with Gasteiger partial charge in [-0.25, -0.2) is 5.43 Å². The number of rotatable bonds is 11. The number of benzene rings is 2. The summed E-state index contributed by atoms with van der Waals surface area (Å²) in [5, 5.41) is 18.4. The van der Waals surface area contributed by atoms with E-state index in [1.54, 1.807) is 6.07 Å². The van der Waals surface area contributed by atoms with Crippen LogP contribution in [0.5, 0.6) is 0 Å². The van der Waals surface area contributed by atoms with E-state index in [-0.39, 0.29) is 18.1 Å². The zero-order chi connectivity index (χ0) is 23.7. The van der Waals surface area contributed by atoms with E-state index in [1.165, 1.54) is 18.3 Å². The Morgan fingerprint density at radius 2 is 1.78 bits per heavy atom. The topological polar surface area (TPSA) is 99.9 Å². The van der Waals surface area contributed by atoms with E-state index in [9.17, 15) is 14.9 Å². The molecule has 0 aliphatic carbocycles. The van der Waals surface area contributed by atoms with E-state index in [1.807, 2.05) is 31.2 Å². The number of carbonyl (C=O) groups excluding carboxylic acids is 1. The van der Waals surface area contributed by atoms with Gasteiger partial charge in [-0.3, -0.25) is 14.9 Å².